The molecule has 1 atom stereocenters. The van der Waals surface area contributed by atoms with Gasteiger partial charge < -0.3 is 24.5 Å². The highest BCUT2D eigenvalue weighted by atomic mass is 32.1. The van der Waals surface area contributed by atoms with Gasteiger partial charge >= 0.3 is 5.97 Å². The van der Waals surface area contributed by atoms with Gasteiger partial charge in [0.1, 0.15) is 17.5 Å². The zero-order valence-electron chi connectivity index (χ0n) is 26.4. The van der Waals surface area contributed by atoms with Crippen LogP contribution in [-0.4, -0.2) is 40.3 Å². The Kier molecular flexibility index (Phi) is 8.40. The third kappa shape index (κ3) is 5.77. The van der Waals surface area contributed by atoms with Crippen LogP contribution in [-0.2, 0) is 4.79 Å². The minimum absolute atomic E-state index is 0.202. The number of thiazole rings is 1. The molecule has 0 aliphatic carbocycles. The van der Waals surface area contributed by atoms with Gasteiger partial charge in [-0.15, -0.1) is 0 Å². The zero-order chi connectivity index (χ0) is 33.4. The molecule has 1 aliphatic heterocycles. The number of nitrogens with zero attached hydrogens (tertiary/aromatic N) is 3. The Morgan fingerprint density at radius 2 is 1.68 bits per heavy atom. The van der Waals surface area contributed by atoms with Crippen LogP contribution in [0.2, 0.25) is 0 Å². The van der Waals surface area contributed by atoms with Crippen molar-refractivity contribution in [3.63, 3.8) is 0 Å². The molecule has 47 heavy (non-hydrogen) atoms. The maximum Gasteiger partial charge on any atom is 0.335 e. The summed E-state index contributed by atoms with van der Waals surface area (Å²) in [7, 11) is 3.09. The van der Waals surface area contributed by atoms with Crippen LogP contribution in [0.15, 0.2) is 99.9 Å². The Hall–Kier alpha value is -5.68. The number of para-hydroxylation sites is 1. The fourth-order valence-electron chi connectivity index (χ4n) is 5.90. The molecule has 0 spiro atoms. The van der Waals surface area contributed by atoms with Crippen molar-refractivity contribution < 1.29 is 24.2 Å². The molecule has 0 bridgehead atoms. The van der Waals surface area contributed by atoms with Crippen molar-refractivity contribution in [2.45, 2.75) is 26.8 Å². The highest BCUT2D eigenvalue weighted by molar-refractivity contribution is 7.07. The van der Waals surface area contributed by atoms with Gasteiger partial charge in [0.25, 0.3) is 11.5 Å². The monoisotopic (exact) mass is 648 g/mol. The Labute approximate surface area is 274 Å². The lowest BCUT2D eigenvalue weighted by molar-refractivity contribution is -0.113. The summed E-state index contributed by atoms with van der Waals surface area (Å²) in [5.41, 5.74) is 5.35. The van der Waals surface area contributed by atoms with Crippen LogP contribution in [0.4, 0.5) is 5.69 Å². The van der Waals surface area contributed by atoms with E-state index in [0.29, 0.717) is 43.4 Å². The first-order valence-electron chi connectivity index (χ1n) is 14.7. The molecule has 6 rings (SSSR count). The predicted molar refractivity (Wildman–Crippen MR) is 181 cm³/mol. The Morgan fingerprint density at radius 1 is 0.957 bits per heavy atom. The van der Waals surface area contributed by atoms with Crippen LogP contribution >= 0.6 is 11.3 Å². The summed E-state index contributed by atoms with van der Waals surface area (Å²) in [5, 5.41) is 12.3. The molecule has 11 heteroatoms. The second-order valence-corrected chi connectivity index (χ2v) is 12.0. The van der Waals surface area contributed by atoms with E-state index in [1.165, 1.54) is 18.4 Å². The smallest absolute Gasteiger partial charge is 0.335 e. The number of hydrogen-bond donors (Lipinski definition) is 2. The van der Waals surface area contributed by atoms with Crippen LogP contribution in [0, 0.1) is 13.8 Å². The largest absolute Gasteiger partial charge is 0.497 e. The van der Waals surface area contributed by atoms with Crippen LogP contribution < -0.4 is 29.7 Å². The minimum Gasteiger partial charge on any atom is -0.497 e. The molecular formula is C36H32N4O6S. The van der Waals surface area contributed by atoms with E-state index in [-0.39, 0.29) is 17.0 Å². The fourth-order valence-corrected chi connectivity index (χ4v) is 6.93. The van der Waals surface area contributed by atoms with Crippen LogP contribution in [0.25, 0.3) is 11.8 Å². The van der Waals surface area contributed by atoms with Crippen molar-refractivity contribution in [1.29, 1.82) is 0 Å². The molecule has 0 radical (unpaired) electrons. The summed E-state index contributed by atoms with van der Waals surface area (Å²) in [4.78, 5) is 44.8. The number of anilines is 1. The molecule has 10 nitrogen and oxygen atoms in total. The number of carbonyl (C=O) groups is 2. The number of carbonyl (C=O) groups excluding carboxylic acids is 1. The summed E-state index contributed by atoms with van der Waals surface area (Å²) >= 11 is 1.24. The normalized spacial score (nSPS) is 14.4. The van der Waals surface area contributed by atoms with Gasteiger partial charge in [-0.2, -0.15) is 0 Å². The molecule has 3 heterocycles. The van der Waals surface area contributed by atoms with E-state index in [0.717, 1.165) is 22.6 Å². The van der Waals surface area contributed by atoms with Gasteiger partial charge in [-0.1, -0.05) is 29.5 Å². The number of hydrogen-bond acceptors (Lipinski definition) is 7. The Morgan fingerprint density at radius 3 is 2.34 bits per heavy atom. The molecule has 0 unspecified atom stereocenters. The van der Waals surface area contributed by atoms with E-state index < -0.39 is 12.0 Å². The molecule has 0 fully saturated rings. The first kappa shape index (κ1) is 31.3. The van der Waals surface area contributed by atoms with Gasteiger partial charge in [-0.25, -0.2) is 9.79 Å². The number of benzene rings is 3. The molecule has 0 saturated carbocycles. The lowest BCUT2D eigenvalue weighted by Crippen LogP contribution is -2.40. The highest BCUT2D eigenvalue weighted by Gasteiger charge is 2.34. The minimum atomic E-state index is -0.991. The third-order valence-corrected chi connectivity index (χ3v) is 9.15. The number of fused-ring (bicyclic) bond motifs is 1. The number of rotatable bonds is 8. The fraction of sp³-hybridized carbons (Fsp3) is 0.167. The molecule has 5 aromatic rings. The highest BCUT2D eigenvalue weighted by Crippen LogP contribution is 2.37. The van der Waals surface area contributed by atoms with Crippen molar-refractivity contribution in [3.8, 4) is 17.2 Å². The van der Waals surface area contributed by atoms with Crippen LogP contribution in [0.3, 0.4) is 0 Å². The molecule has 3 aromatic carbocycles. The quantitative estimate of drug-likeness (QED) is 0.244. The number of ether oxygens (including phenoxy) is 2. The summed E-state index contributed by atoms with van der Waals surface area (Å²) < 4.78 is 15.2. The van der Waals surface area contributed by atoms with E-state index in [9.17, 15) is 19.5 Å². The van der Waals surface area contributed by atoms with Gasteiger partial charge in [0, 0.05) is 34.4 Å². The number of methoxy groups -OCH3 is 2. The molecule has 2 N–H and O–H groups in total. The second kappa shape index (κ2) is 12.6. The average molecular weight is 649 g/mol. The summed E-state index contributed by atoms with van der Waals surface area (Å²) in [6.07, 6.45) is 1.83. The van der Waals surface area contributed by atoms with E-state index in [2.05, 4.69) is 5.32 Å². The third-order valence-electron chi connectivity index (χ3n) is 8.16. The zero-order valence-corrected chi connectivity index (χ0v) is 27.2. The van der Waals surface area contributed by atoms with Crippen LogP contribution in [0.5, 0.6) is 11.5 Å². The van der Waals surface area contributed by atoms with Crippen LogP contribution in [0.1, 0.15) is 45.8 Å². The van der Waals surface area contributed by atoms with Gasteiger partial charge in [0.05, 0.1) is 35.6 Å². The number of aromatic nitrogens is 2. The molecule has 0 saturated heterocycles. The van der Waals surface area contributed by atoms with Gasteiger partial charge in [-0.3, -0.25) is 14.2 Å². The van der Waals surface area contributed by atoms with Gasteiger partial charge in [0.2, 0.25) is 0 Å². The number of aryl methyl sites for hydroxylation is 1. The number of nitrogens with one attached hydrogen (secondary N) is 1. The maximum atomic E-state index is 14.3. The average Bonchev–Trinajstić information content (AvgIpc) is 3.53. The molecule has 238 valence electrons. The molecule has 2 aromatic heterocycles. The lowest BCUT2D eigenvalue weighted by Gasteiger charge is -2.26. The molecule has 1 aliphatic rings. The van der Waals surface area contributed by atoms with Crippen molar-refractivity contribution in [3.05, 3.63) is 138 Å². The SMILES string of the molecule is COc1ccc([C@@H]2C(C(=O)Nc3ccccc3)=C(C)N=c3s/c(=C\c4cc(C)n(-c5ccc(C(=O)O)cc5)c4C)c(=O)n32)c(OC)c1. The first-order valence-corrected chi connectivity index (χ1v) is 15.6. The van der Waals surface area contributed by atoms with Crippen molar-refractivity contribution in [2.75, 3.05) is 19.5 Å². The standard InChI is InChI=1S/C36H32N4O6S/c1-20-17-24(22(3)39(20)26-13-11-23(12-14-26)35(43)44)18-30-34(42)40-32(28-16-15-27(45-4)19-29(28)46-5)31(21(2)37-36(40)47-30)33(41)38-25-9-7-6-8-10-25/h6-19,32H,1-5H3,(H,38,41)(H,43,44)/b30-18-/t32-/m1/s1. The van der Waals surface area contributed by atoms with Crippen molar-refractivity contribution >= 4 is 35.0 Å². The number of amides is 1. The topological polar surface area (TPSA) is 124 Å². The Balaban J connectivity index is 1.50. The summed E-state index contributed by atoms with van der Waals surface area (Å²) in [6.45, 7) is 5.67. The van der Waals surface area contributed by atoms with E-state index in [4.69, 9.17) is 14.5 Å². The van der Waals surface area contributed by atoms with Crippen molar-refractivity contribution in [1.82, 2.24) is 9.13 Å². The van der Waals surface area contributed by atoms with E-state index in [1.54, 1.807) is 73.2 Å². The first-order chi connectivity index (χ1) is 22.6. The lowest BCUT2D eigenvalue weighted by atomic mass is 9.94. The van der Waals surface area contributed by atoms with Gasteiger partial charge in [-0.05, 0) is 87.0 Å². The van der Waals surface area contributed by atoms with Gasteiger partial charge in [0.15, 0.2) is 4.80 Å². The number of carboxylic acid groups (broad SMARTS) is 1. The Bertz CT molecular complexity index is 2250. The number of allylic oxidation sites excluding steroid dienone is 1. The summed E-state index contributed by atoms with van der Waals surface area (Å²) in [5.74, 6) is -0.342. The number of aromatic carboxylic acids is 1. The van der Waals surface area contributed by atoms with Crippen molar-refractivity contribution in [2.24, 2.45) is 4.99 Å². The molecule has 1 amide bonds. The van der Waals surface area contributed by atoms with E-state index >= 15 is 0 Å². The van der Waals surface area contributed by atoms with E-state index in [1.807, 2.05) is 48.8 Å². The molecular weight excluding hydrogens is 616 g/mol. The summed E-state index contributed by atoms with van der Waals surface area (Å²) in [6, 6.07) is 22.2. The maximum absolute atomic E-state index is 14.3. The number of carboxylic acids is 1. The second-order valence-electron chi connectivity index (χ2n) is 11.0. The predicted octanol–water partition coefficient (Wildman–Crippen LogP) is 5.00.